The van der Waals surface area contributed by atoms with Crippen LogP contribution in [0.25, 0.3) is 0 Å². The highest BCUT2D eigenvalue weighted by Gasteiger charge is 2.20. The fraction of sp³-hybridized carbons (Fsp3) is 0.222. The topological polar surface area (TPSA) is 66.9 Å². The van der Waals surface area contributed by atoms with E-state index >= 15 is 0 Å². The van der Waals surface area contributed by atoms with Crippen molar-refractivity contribution < 1.29 is 4.92 Å². The first-order valence-corrected chi connectivity index (χ1v) is 5.32. The average molecular weight is 243 g/mol. The zero-order valence-corrected chi connectivity index (χ0v) is 9.16. The van der Waals surface area contributed by atoms with Crippen molar-refractivity contribution in [2.45, 2.75) is 5.25 Å². The van der Waals surface area contributed by atoms with Gasteiger partial charge in [-0.1, -0.05) is 29.8 Å². The molecule has 15 heavy (non-hydrogen) atoms. The molecule has 1 aromatic rings. The highest BCUT2D eigenvalue weighted by molar-refractivity contribution is 8.03. The molecular formula is C9H7ClN2O2S. The van der Waals surface area contributed by atoms with Crippen molar-refractivity contribution >= 4 is 23.4 Å². The van der Waals surface area contributed by atoms with Gasteiger partial charge in [-0.15, -0.1) is 0 Å². The van der Waals surface area contributed by atoms with E-state index in [1.54, 1.807) is 24.3 Å². The number of nitrogens with zero attached hydrogens (tertiary/aromatic N) is 2. The number of hydrogen-bond donors (Lipinski definition) is 0. The van der Waals surface area contributed by atoms with Crippen LogP contribution in [0.4, 0.5) is 0 Å². The smallest absolute Gasteiger partial charge is 0.220 e. The predicted octanol–water partition coefficient (Wildman–Crippen LogP) is 2.87. The van der Waals surface area contributed by atoms with Gasteiger partial charge in [0.25, 0.3) is 0 Å². The van der Waals surface area contributed by atoms with E-state index < -0.39 is 10.2 Å². The van der Waals surface area contributed by atoms with Gasteiger partial charge in [0.1, 0.15) is 10.7 Å². The van der Waals surface area contributed by atoms with E-state index in [0.29, 0.717) is 10.6 Å². The molecule has 4 nitrogen and oxygen atoms in total. The second-order valence-corrected chi connectivity index (χ2v) is 4.13. The third-order valence-electron chi connectivity index (χ3n) is 1.76. The molecule has 1 aromatic carbocycles. The molecule has 0 aromatic heterocycles. The van der Waals surface area contributed by atoms with Crippen molar-refractivity contribution in [2.75, 3.05) is 6.54 Å². The molecule has 0 amide bonds. The number of rotatable bonds is 4. The Kier molecular flexibility index (Phi) is 4.40. The molecule has 0 heterocycles. The number of thioether (sulfide) groups is 1. The van der Waals surface area contributed by atoms with E-state index in [9.17, 15) is 10.1 Å². The minimum absolute atomic E-state index is 0.304. The Morgan fingerprint density at radius 1 is 1.60 bits per heavy atom. The Balaban J connectivity index is 2.94. The Morgan fingerprint density at radius 2 is 2.27 bits per heavy atom. The number of nitro groups is 1. The zero-order valence-electron chi connectivity index (χ0n) is 7.59. The summed E-state index contributed by atoms with van der Waals surface area (Å²) < 4.78 is 0. The highest BCUT2D eigenvalue weighted by atomic mass is 35.5. The lowest BCUT2D eigenvalue weighted by atomic mass is 10.1. The van der Waals surface area contributed by atoms with Gasteiger partial charge >= 0.3 is 0 Å². The van der Waals surface area contributed by atoms with Gasteiger partial charge < -0.3 is 0 Å². The number of halogens is 1. The van der Waals surface area contributed by atoms with Gasteiger partial charge in [-0.05, 0) is 23.4 Å². The Hall–Kier alpha value is -1.25. The van der Waals surface area contributed by atoms with Gasteiger partial charge in [0.15, 0.2) is 0 Å². The van der Waals surface area contributed by atoms with Crippen LogP contribution in [-0.4, -0.2) is 11.5 Å². The van der Waals surface area contributed by atoms with Crippen LogP contribution >= 0.6 is 23.4 Å². The summed E-state index contributed by atoms with van der Waals surface area (Å²) in [6, 6.07) is 6.83. The molecule has 0 aliphatic rings. The van der Waals surface area contributed by atoms with Crippen molar-refractivity contribution in [3.63, 3.8) is 0 Å². The number of thiocyanates is 1. The fourth-order valence-electron chi connectivity index (χ4n) is 1.13. The largest absolute Gasteiger partial charge is 0.264 e. The molecule has 1 unspecified atom stereocenters. The van der Waals surface area contributed by atoms with Crippen LogP contribution in [0, 0.1) is 20.8 Å². The third-order valence-corrected chi connectivity index (χ3v) is 2.90. The maximum Gasteiger partial charge on any atom is 0.220 e. The summed E-state index contributed by atoms with van der Waals surface area (Å²) in [4.78, 5) is 9.96. The lowest BCUT2D eigenvalue weighted by Crippen LogP contribution is -2.09. The second kappa shape index (κ2) is 5.59. The molecule has 6 heteroatoms. The molecule has 1 rings (SSSR count). The molecule has 0 aliphatic carbocycles. The van der Waals surface area contributed by atoms with Gasteiger partial charge in [-0.3, -0.25) is 10.1 Å². The van der Waals surface area contributed by atoms with E-state index in [1.165, 1.54) is 0 Å². The molecular weight excluding hydrogens is 236 g/mol. The van der Waals surface area contributed by atoms with E-state index in [2.05, 4.69) is 0 Å². The van der Waals surface area contributed by atoms with Gasteiger partial charge in [0, 0.05) is 9.95 Å². The maximum atomic E-state index is 10.4. The molecule has 0 saturated heterocycles. The molecule has 0 bridgehead atoms. The van der Waals surface area contributed by atoms with Crippen LogP contribution in [0.1, 0.15) is 10.8 Å². The van der Waals surface area contributed by atoms with Crippen LogP contribution < -0.4 is 0 Å². The minimum Gasteiger partial charge on any atom is -0.264 e. The first kappa shape index (κ1) is 11.8. The lowest BCUT2D eigenvalue weighted by molar-refractivity contribution is -0.479. The van der Waals surface area contributed by atoms with E-state index in [1.807, 2.05) is 5.40 Å². The van der Waals surface area contributed by atoms with Gasteiger partial charge in [-0.25, -0.2) is 0 Å². The van der Waals surface area contributed by atoms with Crippen LogP contribution in [0.15, 0.2) is 24.3 Å². The van der Waals surface area contributed by atoms with Crippen molar-refractivity contribution in [1.29, 1.82) is 5.26 Å². The summed E-state index contributed by atoms with van der Waals surface area (Å²) in [7, 11) is 0. The average Bonchev–Trinajstić information content (AvgIpc) is 2.17. The predicted molar refractivity (Wildman–Crippen MR) is 59.3 cm³/mol. The summed E-state index contributed by atoms with van der Waals surface area (Å²) in [6.07, 6.45) is 0. The first-order valence-electron chi connectivity index (χ1n) is 4.06. The monoisotopic (exact) mass is 242 g/mol. The van der Waals surface area contributed by atoms with Gasteiger partial charge in [-0.2, -0.15) is 5.26 Å². The normalized spacial score (nSPS) is 11.7. The van der Waals surface area contributed by atoms with E-state index in [-0.39, 0.29) is 6.54 Å². The zero-order chi connectivity index (χ0) is 11.3. The molecule has 0 radical (unpaired) electrons. The van der Waals surface area contributed by atoms with Gasteiger partial charge in [0.05, 0.1) is 0 Å². The minimum atomic E-state index is -0.515. The van der Waals surface area contributed by atoms with Gasteiger partial charge in [0.2, 0.25) is 6.54 Å². The Labute approximate surface area is 96.0 Å². The summed E-state index contributed by atoms with van der Waals surface area (Å²) in [6.45, 7) is -0.304. The number of hydrogen-bond acceptors (Lipinski definition) is 4. The van der Waals surface area contributed by atoms with Crippen LogP contribution in [0.5, 0.6) is 0 Å². The van der Waals surface area contributed by atoms with Crippen molar-refractivity contribution in [3.8, 4) is 5.40 Å². The van der Waals surface area contributed by atoms with Crippen LogP contribution in [0.3, 0.4) is 0 Å². The lowest BCUT2D eigenvalue weighted by Gasteiger charge is -2.09. The molecule has 0 saturated carbocycles. The molecule has 0 aliphatic heterocycles. The molecule has 0 spiro atoms. The number of nitriles is 1. The third kappa shape index (κ3) is 3.42. The van der Waals surface area contributed by atoms with E-state index in [4.69, 9.17) is 16.9 Å². The molecule has 0 fully saturated rings. The standard InChI is InChI=1S/C9H7ClN2O2S/c10-8-4-2-1-3-7(8)9(15-6-11)5-12(13)14/h1-4,9H,5H2. The highest BCUT2D eigenvalue weighted by Crippen LogP contribution is 2.32. The summed E-state index contributed by atoms with van der Waals surface area (Å²) >= 11 is 6.74. The first-order chi connectivity index (χ1) is 7.15. The van der Waals surface area contributed by atoms with Crippen molar-refractivity contribution in [3.05, 3.63) is 45.0 Å². The summed E-state index contributed by atoms with van der Waals surface area (Å²) in [5.41, 5.74) is 0.627. The summed E-state index contributed by atoms with van der Waals surface area (Å²) in [5, 5.41) is 20.7. The molecule has 78 valence electrons. The summed E-state index contributed by atoms with van der Waals surface area (Å²) in [5.74, 6) is 0. The van der Waals surface area contributed by atoms with Crippen LogP contribution in [0.2, 0.25) is 5.02 Å². The SMILES string of the molecule is N#CSC(C[N+](=O)[O-])c1ccccc1Cl. The fourth-order valence-corrected chi connectivity index (χ4v) is 2.12. The van der Waals surface area contributed by atoms with Crippen LogP contribution in [-0.2, 0) is 0 Å². The maximum absolute atomic E-state index is 10.4. The quantitative estimate of drug-likeness (QED) is 0.463. The second-order valence-electron chi connectivity index (χ2n) is 2.73. The van der Waals surface area contributed by atoms with E-state index in [0.717, 1.165) is 11.8 Å². The number of benzene rings is 1. The Bertz CT molecular complexity index is 405. The van der Waals surface area contributed by atoms with Crippen molar-refractivity contribution in [1.82, 2.24) is 0 Å². The molecule has 1 atom stereocenters. The Morgan fingerprint density at radius 3 is 2.80 bits per heavy atom. The molecule has 0 N–H and O–H groups in total. The van der Waals surface area contributed by atoms with Crippen molar-refractivity contribution in [2.24, 2.45) is 0 Å².